The Hall–Kier alpha value is -1.60. The summed E-state index contributed by atoms with van der Waals surface area (Å²) in [5, 5.41) is 13.7. The number of likely N-dealkylation sites (N-methyl/N-ethyl adjacent to an activating group) is 2. The molecule has 2 atom stereocenters. The molecule has 18 heavy (non-hydrogen) atoms. The van der Waals surface area contributed by atoms with Gasteiger partial charge in [0, 0.05) is 6.20 Å². The molecule has 1 heterocycles. The van der Waals surface area contributed by atoms with Crippen LogP contribution < -0.4 is 10.6 Å². The molecule has 2 N–H and O–H groups in total. The van der Waals surface area contributed by atoms with Gasteiger partial charge in [-0.2, -0.15) is 0 Å². The third kappa shape index (κ3) is 4.34. The van der Waals surface area contributed by atoms with E-state index in [2.05, 4.69) is 20.9 Å². The summed E-state index contributed by atoms with van der Waals surface area (Å²) in [7, 11) is 3.47. The molecule has 0 amide bonds. The van der Waals surface area contributed by atoms with E-state index in [0.29, 0.717) is 19.4 Å². The Bertz CT molecular complexity index is 379. The Labute approximate surface area is 106 Å². The summed E-state index contributed by atoms with van der Waals surface area (Å²) in [4.78, 5) is 21.3. The van der Waals surface area contributed by atoms with Gasteiger partial charge >= 0.3 is 0 Å². The zero-order chi connectivity index (χ0) is 13.4. The first-order valence-electron chi connectivity index (χ1n) is 5.87. The minimum atomic E-state index is -0.264. The van der Waals surface area contributed by atoms with Crippen LogP contribution in [0.4, 0.5) is 0 Å². The van der Waals surface area contributed by atoms with Gasteiger partial charge < -0.3 is 20.2 Å². The van der Waals surface area contributed by atoms with Crippen molar-refractivity contribution in [3.63, 3.8) is 0 Å². The van der Waals surface area contributed by atoms with Crippen LogP contribution in [0.15, 0.2) is 6.20 Å². The van der Waals surface area contributed by atoms with Crippen molar-refractivity contribution in [1.82, 2.24) is 25.6 Å². The van der Waals surface area contributed by atoms with E-state index in [1.54, 1.807) is 25.0 Å². The highest BCUT2D eigenvalue weighted by atomic mass is 16.1. The predicted molar refractivity (Wildman–Crippen MR) is 66.2 cm³/mol. The number of hydrogen-bond acceptors (Lipinski definition) is 6. The number of carbonyl (C=O) groups is 2. The molecule has 0 aliphatic rings. The summed E-state index contributed by atoms with van der Waals surface area (Å²) >= 11 is 0. The molecule has 0 radical (unpaired) electrons. The van der Waals surface area contributed by atoms with Gasteiger partial charge in [-0.1, -0.05) is 5.21 Å². The van der Waals surface area contributed by atoms with Gasteiger partial charge in [0.05, 0.1) is 24.3 Å². The van der Waals surface area contributed by atoms with Gasteiger partial charge in [0.25, 0.3) is 0 Å². The molecule has 0 saturated carbocycles. The second-order valence-electron chi connectivity index (χ2n) is 4.03. The maximum absolute atomic E-state index is 10.7. The van der Waals surface area contributed by atoms with E-state index in [9.17, 15) is 9.59 Å². The van der Waals surface area contributed by atoms with Crippen LogP contribution in [0.1, 0.15) is 12.1 Å². The number of nitrogens with zero attached hydrogens (tertiary/aromatic N) is 3. The second-order valence-corrected chi connectivity index (χ2v) is 4.03. The Morgan fingerprint density at radius 1 is 1.28 bits per heavy atom. The first kappa shape index (κ1) is 14.5. The lowest BCUT2D eigenvalue weighted by Gasteiger charge is -2.07. The molecular weight excluding hydrogens is 234 g/mol. The highest BCUT2D eigenvalue weighted by molar-refractivity contribution is 5.57. The number of nitrogens with one attached hydrogen (secondary N) is 2. The van der Waals surface area contributed by atoms with Crippen molar-refractivity contribution in [2.75, 3.05) is 14.1 Å². The third-order valence-corrected chi connectivity index (χ3v) is 2.75. The van der Waals surface area contributed by atoms with Gasteiger partial charge in [-0.15, -0.1) is 5.10 Å². The van der Waals surface area contributed by atoms with E-state index in [1.165, 1.54) is 0 Å². The smallest absolute Gasteiger partial charge is 0.138 e. The number of aldehydes is 2. The lowest BCUT2D eigenvalue weighted by molar-refractivity contribution is -0.110. The van der Waals surface area contributed by atoms with Crippen molar-refractivity contribution in [3.8, 4) is 0 Å². The number of hydrogen-bond donors (Lipinski definition) is 2. The molecule has 0 bridgehead atoms. The highest BCUT2D eigenvalue weighted by Crippen LogP contribution is 2.01. The molecule has 0 aliphatic carbocycles. The fraction of sp³-hybridized carbons (Fsp3) is 0.636. The minimum Gasteiger partial charge on any atom is -0.311 e. The van der Waals surface area contributed by atoms with E-state index in [1.807, 2.05) is 0 Å². The average molecular weight is 253 g/mol. The van der Waals surface area contributed by atoms with Crippen molar-refractivity contribution in [2.24, 2.45) is 0 Å². The van der Waals surface area contributed by atoms with Crippen LogP contribution in [0.3, 0.4) is 0 Å². The van der Waals surface area contributed by atoms with E-state index in [-0.39, 0.29) is 12.1 Å². The van der Waals surface area contributed by atoms with Crippen LogP contribution in [-0.4, -0.2) is 53.7 Å². The quantitative estimate of drug-likeness (QED) is 0.537. The van der Waals surface area contributed by atoms with Crippen LogP contribution in [0, 0.1) is 0 Å². The number of aryl methyl sites for hydroxylation is 1. The first-order valence-corrected chi connectivity index (χ1v) is 5.87. The lowest BCUT2D eigenvalue weighted by atomic mass is 10.1. The zero-order valence-corrected chi connectivity index (χ0v) is 10.7. The van der Waals surface area contributed by atoms with Gasteiger partial charge in [0.15, 0.2) is 0 Å². The molecule has 0 spiro atoms. The number of rotatable bonds is 9. The molecule has 7 heteroatoms. The summed E-state index contributed by atoms with van der Waals surface area (Å²) in [5.74, 6) is 0. The first-order chi connectivity index (χ1) is 8.73. The number of carbonyl (C=O) groups excluding carboxylic acids is 2. The molecule has 0 fully saturated rings. The largest absolute Gasteiger partial charge is 0.311 e. The fourth-order valence-corrected chi connectivity index (χ4v) is 1.53. The Morgan fingerprint density at radius 2 is 1.94 bits per heavy atom. The van der Waals surface area contributed by atoms with E-state index >= 15 is 0 Å². The predicted octanol–water partition coefficient (Wildman–Crippen LogP) is -1.22. The summed E-state index contributed by atoms with van der Waals surface area (Å²) in [6.45, 7) is 0.455. The summed E-state index contributed by atoms with van der Waals surface area (Å²) in [5.41, 5.74) is 0.817. The molecule has 100 valence electrons. The molecule has 1 aromatic rings. The SMILES string of the molecule is CNC(C=O)CCc1cn(CC(C=O)NC)nn1. The van der Waals surface area contributed by atoms with Crippen molar-refractivity contribution in [1.29, 1.82) is 0 Å². The topological polar surface area (TPSA) is 88.9 Å². The van der Waals surface area contributed by atoms with Crippen LogP contribution in [-0.2, 0) is 22.6 Å². The second kappa shape index (κ2) is 7.67. The van der Waals surface area contributed by atoms with Crippen LogP contribution in [0.5, 0.6) is 0 Å². The van der Waals surface area contributed by atoms with E-state index < -0.39 is 0 Å². The Balaban J connectivity index is 2.47. The summed E-state index contributed by atoms with van der Waals surface area (Å²) in [6.07, 6.45) is 4.88. The van der Waals surface area contributed by atoms with Gasteiger partial charge in [0.2, 0.25) is 0 Å². The highest BCUT2D eigenvalue weighted by Gasteiger charge is 2.09. The van der Waals surface area contributed by atoms with Crippen molar-refractivity contribution >= 4 is 12.6 Å². The maximum Gasteiger partial charge on any atom is 0.138 e. The summed E-state index contributed by atoms with van der Waals surface area (Å²) in [6, 6.07) is -0.422. The molecule has 0 aliphatic heterocycles. The lowest BCUT2D eigenvalue weighted by Crippen LogP contribution is -2.31. The van der Waals surface area contributed by atoms with Gasteiger partial charge in [-0.25, -0.2) is 0 Å². The molecule has 2 unspecified atom stereocenters. The third-order valence-electron chi connectivity index (χ3n) is 2.75. The molecule has 0 aromatic carbocycles. The Morgan fingerprint density at radius 3 is 2.50 bits per heavy atom. The van der Waals surface area contributed by atoms with Crippen molar-refractivity contribution < 1.29 is 9.59 Å². The van der Waals surface area contributed by atoms with E-state index in [4.69, 9.17) is 0 Å². The van der Waals surface area contributed by atoms with E-state index in [0.717, 1.165) is 18.3 Å². The number of aromatic nitrogens is 3. The molecule has 0 saturated heterocycles. The Kier molecular flexibility index (Phi) is 6.16. The molecular formula is C11H19N5O2. The maximum atomic E-state index is 10.7. The van der Waals surface area contributed by atoms with Gasteiger partial charge in [-0.05, 0) is 26.9 Å². The van der Waals surface area contributed by atoms with Crippen LogP contribution in [0.25, 0.3) is 0 Å². The zero-order valence-electron chi connectivity index (χ0n) is 10.7. The monoisotopic (exact) mass is 253 g/mol. The van der Waals surface area contributed by atoms with Crippen molar-refractivity contribution in [3.05, 3.63) is 11.9 Å². The standard InChI is InChI=1S/C11H19N5O2/c1-12-10(7-17)4-3-9-5-16(15-14-9)6-11(8-18)13-2/h5,7-8,10-13H,3-4,6H2,1-2H3. The van der Waals surface area contributed by atoms with Gasteiger partial charge in [-0.3, -0.25) is 4.68 Å². The molecule has 1 rings (SSSR count). The normalized spacial score (nSPS) is 14.1. The fourth-order valence-electron chi connectivity index (χ4n) is 1.53. The summed E-state index contributed by atoms with van der Waals surface area (Å²) < 4.78 is 1.63. The minimum absolute atomic E-state index is 0.157. The molecule has 1 aromatic heterocycles. The van der Waals surface area contributed by atoms with Gasteiger partial charge in [0.1, 0.15) is 12.6 Å². The van der Waals surface area contributed by atoms with Crippen molar-refractivity contribution in [2.45, 2.75) is 31.5 Å². The van der Waals surface area contributed by atoms with Crippen LogP contribution >= 0.6 is 0 Å². The molecule has 7 nitrogen and oxygen atoms in total. The van der Waals surface area contributed by atoms with Crippen LogP contribution in [0.2, 0.25) is 0 Å². The average Bonchev–Trinajstić information content (AvgIpc) is 2.85.